The quantitative estimate of drug-likeness (QED) is 0.282. The number of nitrogens with one attached hydrogen (secondary N) is 2. The minimum atomic E-state index is -0.889. The molecule has 0 spiro atoms. The minimum absolute atomic E-state index is 0.000787. The fourth-order valence-corrected chi connectivity index (χ4v) is 3.77. The number of carboxylic acids is 1. The first kappa shape index (κ1) is 23.7. The molecule has 0 bridgehead atoms. The summed E-state index contributed by atoms with van der Waals surface area (Å²) in [6.45, 7) is 0.615. The Hall–Kier alpha value is -2.94. The Morgan fingerprint density at radius 3 is 2.41 bits per heavy atom. The normalized spacial score (nSPS) is 19.2. The van der Waals surface area contributed by atoms with Crippen LogP contribution in [-0.2, 0) is 11.4 Å². The van der Waals surface area contributed by atoms with Crippen molar-refractivity contribution in [3.05, 3.63) is 65.2 Å². The number of carboxylic acid groups (broad SMARTS) is 1. The summed E-state index contributed by atoms with van der Waals surface area (Å²) in [6, 6.07) is 13.9. The SMILES string of the molecule is O=C(NCCNC(O)c1cccc(CO)c1)c1ccc(OC2CCC(C(=O)O)CC2)cc1. The number of carbonyl (C=O) groups is 2. The summed E-state index contributed by atoms with van der Waals surface area (Å²) >= 11 is 0. The molecular formula is C24H30N2O6. The highest BCUT2D eigenvalue weighted by Crippen LogP contribution is 2.28. The molecule has 8 nitrogen and oxygen atoms in total. The first-order chi connectivity index (χ1) is 15.5. The molecule has 0 aliphatic heterocycles. The molecule has 8 heteroatoms. The summed E-state index contributed by atoms with van der Waals surface area (Å²) < 4.78 is 5.92. The number of aliphatic hydroxyl groups excluding tert-OH is 2. The lowest BCUT2D eigenvalue weighted by molar-refractivity contribution is -0.143. The first-order valence-electron chi connectivity index (χ1n) is 10.8. The molecule has 0 saturated heterocycles. The van der Waals surface area contributed by atoms with Gasteiger partial charge in [0.2, 0.25) is 0 Å². The fourth-order valence-electron chi connectivity index (χ4n) is 3.77. The molecule has 0 radical (unpaired) electrons. The van der Waals surface area contributed by atoms with Crippen molar-refractivity contribution in [3.8, 4) is 5.75 Å². The van der Waals surface area contributed by atoms with Gasteiger partial charge in [0.05, 0.1) is 18.6 Å². The standard InChI is InChI=1S/C24H30N2O6/c27-15-16-2-1-3-19(14-16)23(29)26-13-12-25-22(28)17-4-8-20(9-5-17)32-21-10-6-18(7-11-21)24(30)31/h1-5,8-9,14,18,21,23,26-27,29H,6-7,10-13,15H2,(H,25,28)(H,30,31). The Balaban J connectivity index is 1.38. The van der Waals surface area contributed by atoms with Gasteiger partial charge < -0.3 is 25.4 Å². The molecule has 1 fully saturated rings. The Morgan fingerprint density at radius 2 is 1.75 bits per heavy atom. The average molecular weight is 443 g/mol. The Kier molecular flexibility index (Phi) is 8.61. The zero-order valence-electron chi connectivity index (χ0n) is 17.9. The number of carbonyl (C=O) groups excluding carboxylic acids is 1. The van der Waals surface area contributed by atoms with Crippen LogP contribution >= 0.6 is 0 Å². The third-order valence-electron chi connectivity index (χ3n) is 5.64. The largest absolute Gasteiger partial charge is 0.490 e. The molecule has 1 atom stereocenters. The predicted molar refractivity (Wildman–Crippen MR) is 118 cm³/mol. The van der Waals surface area contributed by atoms with Gasteiger partial charge in [0.1, 0.15) is 12.0 Å². The van der Waals surface area contributed by atoms with Crippen LogP contribution in [-0.4, -0.2) is 46.4 Å². The van der Waals surface area contributed by atoms with Crippen molar-refractivity contribution in [3.63, 3.8) is 0 Å². The van der Waals surface area contributed by atoms with Crippen molar-refractivity contribution in [2.24, 2.45) is 5.92 Å². The monoisotopic (exact) mass is 442 g/mol. The van der Waals surface area contributed by atoms with Crippen LogP contribution in [0.2, 0.25) is 0 Å². The summed E-state index contributed by atoms with van der Waals surface area (Å²) in [6.07, 6.45) is 1.78. The molecule has 1 amide bonds. The van der Waals surface area contributed by atoms with Crippen LogP contribution in [0.3, 0.4) is 0 Å². The maximum absolute atomic E-state index is 12.3. The molecule has 0 heterocycles. The van der Waals surface area contributed by atoms with Crippen molar-refractivity contribution in [1.29, 1.82) is 0 Å². The number of amides is 1. The Bertz CT molecular complexity index is 894. The lowest BCUT2D eigenvalue weighted by atomic mass is 9.87. The number of hydrogen-bond donors (Lipinski definition) is 5. The summed E-state index contributed by atoms with van der Waals surface area (Å²) in [5.74, 6) is -0.575. The highest BCUT2D eigenvalue weighted by atomic mass is 16.5. The van der Waals surface area contributed by atoms with Crippen LogP contribution in [0.5, 0.6) is 5.75 Å². The molecule has 1 saturated carbocycles. The van der Waals surface area contributed by atoms with E-state index in [2.05, 4.69) is 10.6 Å². The lowest BCUT2D eigenvalue weighted by Gasteiger charge is -2.26. The number of aliphatic hydroxyl groups is 2. The summed E-state index contributed by atoms with van der Waals surface area (Å²) in [5.41, 5.74) is 1.87. The van der Waals surface area contributed by atoms with Crippen LogP contribution in [0.1, 0.15) is 53.4 Å². The highest BCUT2D eigenvalue weighted by Gasteiger charge is 2.26. The van der Waals surface area contributed by atoms with E-state index in [4.69, 9.17) is 9.84 Å². The smallest absolute Gasteiger partial charge is 0.306 e. The van der Waals surface area contributed by atoms with Crippen molar-refractivity contribution in [1.82, 2.24) is 10.6 Å². The molecule has 2 aromatic carbocycles. The number of ether oxygens (including phenoxy) is 1. The van der Waals surface area contributed by atoms with E-state index in [0.717, 1.165) is 5.56 Å². The number of aliphatic carboxylic acids is 1. The lowest BCUT2D eigenvalue weighted by Crippen LogP contribution is -2.33. The molecule has 1 aliphatic carbocycles. The van der Waals surface area contributed by atoms with E-state index in [1.807, 2.05) is 0 Å². The molecule has 5 N–H and O–H groups in total. The Morgan fingerprint density at radius 1 is 1.03 bits per heavy atom. The molecule has 0 aromatic heterocycles. The second-order valence-electron chi connectivity index (χ2n) is 7.97. The van der Waals surface area contributed by atoms with Gasteiger partial charge in [-0.15, -0.1) is 0 Å². The zero-order chi connectivity index (χ0) is 22.9. The molecule has 172 valence electrons. The van der Waals surface area contributed by atoms with Gasteiger partial charge in [0.25, 0.3) is 5.91 Å². The highest BCUT2D eigenvalue weighted by molar-refractivity contribution is 5.94. The van der Waals surface area contributed by atoms with Crippen LogP contribution in [0.25, 0.3) is 0 Å². The van der Waals surface area contributed by atoms with Gasteiger partial charge >= 0.3 is 5.97 Å². The van der Waals surface area contributed by atoms with E-state index in [-0.39, 0.29) is 24.5 Å². The van der Waals surface area contributed by atoms with Crippen LogP contribution in [0.15, 0.2) is 48.5 Å². The van der Waals surface area contributed by atoms with Gasteiger partial charge in [-0.25, -0.2) is 0 Å². The van der Waals surface area contributed by atoms with Crippen molar-refractivity contribution in [2.75, 3.05) is 13.1 Å². The number of hydrogen-bond acceptors (Lipinski definition) is 6. The molecule has 32 heavy (non-hydrogen) atoms. The van der Waals surface area contributed by atoms with Crippen LogP contribution in [0.4, 0.5) is 0 Å². The predicted octanol–water partition coefficient (Wildman–Crippen LogP) is 2.21. The molecular weight excluding hydrogens is 412 g/mol. The van der Waals surface area contributed by atoms with Gasteiger partial charge in [0.15, 0.2) is 0 Å². The van der Waals surface area contributed by atoms with Gasteiger partial charge in [-0.05, 0) is 67.1 Å². The Labute approximate surface area is 187 Å². The first-order valence-corrected chi connectivity index (χ1v) is 10.8. The van der Waals surface area contributed by atoms with Crippen LogP contribution < -0.4 is 15.4 Å². The van der Waals surface area contributed by atoms with Gasteiger partial charge in [0, 0.05) is 18.7 Å². The summed E-state index contributed by atoms with van der Waals surface area (Å²) in [4.78, 5) is 23.4. The second kappa shape index (κ2) is 11.6. The summed E-state index contributed by atoms with van der Waals surface area (Å²) in [7, 11) is 0. The average Bonchev–Trinajstić information content (AvgIpc) is 2.82. The third kappa shape index (κ3) is 6.78. The van der Waals surface area contributed by atoms with Crippen LogP contribution in [0, 0.1) is 5.92 Å². The van der Waals surface area contributed by atoms with Gasteiger partial charge in [-0.3, -0.25) is 14.9 Å². The van der Waals surface area contributed by atoms with E-state index in [1.165, 1.54) is 0 Å². The van der Waals surface area contributed by atoms with Crippen molar-refractivity contribution >= 4 is 11.9 Å². The minimum Gasteiger partial charge on any atom is -0.490 e. The van der Waals surface area contributed by atoms with E-state index < -0.39 is 12.2 Å². The van der Waals surface area contributed by atoms with Crippen molar-refractivity contribution in [2.45, 2.75) is 44.6 Å². The van der Waals surface area contributed by atoms with Gasteiger partial charge in [-0.1, -0.05) is 18.2 Å². The zero-order valence-corrected chi connectivity index (χ0v) is 17.9. The number of benzene rings is 2. The molecule has 2 aromatic rings. The molecule has 1 aliphatic rings. The third-order valence-corrected chi connectivity index (χ3v) is 5.64. The van der Waals surface area contributed by atoms with Crippen molar-refractivity contribution < 1.29 is 29.6 Å². The van der Waals surface area contributed by atoms with E-state index in [0.29, 0.717) is 55.6 Å². The van der Waals surface area contributed by atoms with E-state index in [1.54, 1.807) is 48.5 Å². The van der Waals surface area contributed by atoms with E-state index in [9.17, 15) is 19.8 Å². The molecule has 1 unspecified atom stereocenters. The second-order valence-corrected chi connectivity index (χ2v) is 7.97. The topological polar surface area (TPSA) is 128 Å². The number of rotatable bonds is 10. The fraction of sp³-hybridized carbons (Fsp3) is 0.417. The molecule has 3 rings (SSSR count). The van der Waals surface area contributed by atoms with E-state index >= 15 is 0 Å². The maximum Gasteiger partial charge on any atom is 0.306 e. The maximum atomic E-state index is 12.3. The summed E-state index contributed by atoms with van der Waals surface area (Å²) in [5, 5.41) is 34.1. The van der Waals surface area contributed by atoms with Gasteiger partial charge in [-0.2, -0.15) is 0 Å².